The van der Waals surface area contributed by atoms with E-state index in [9.17, 15) is 9.59 Å². The molecule has 1 amide bonds. The van der Waals surface area contributed by atoms with Gasteiger partial charge in [-0.05, 0) is 56.2 Å². The van der Waals surface area contributed by atoms with Crippen LogP contribution in [0.15, 0.2) is 51.6 Å². The monoisotopic (exact) mass is 405 g/mol. The zero-order chi connectivity index (χ0) is 21.3. The van der Waals surface area contributed by atoms with Crippen molar-refractivity contribution in [2.75, 3.05) is 11.9 Å². The van der Waals surface area contributed by atoms with Crippen LogP contribution in [0.1, 0.15) is 27.2 Å². The Kier molecular flexibility index (Phi) is 5.05. The number of amides is 1. The number of rotatable bonds is 5. The quantitative estimate of drug-likeness (QED) is 0.496. The lowest BCUT2D eigenvalue weighted by Gasteiger charge is -2.11. The van der Waals surface area contributed by atoms with Crippen molar-refractivity contribution in [3.63, 3.8) is 0 Å². The highest BCUT2D eigenvalue weighted by atomic mass is 16.5. The average Bonchev–Trinajstić information content (AvgIpc) is 3.39. The second-order valence-corrected chi connectivity index (χ2v) is 6.85. The maximum Gasteiger partial charge on any atom is 0.339 e. The van der Waals surface area contributed by atoms with E-state index in [2.05, 4.69) is 15.5 Å². The minimum atomic E-state index is -0.683. The average molecular weight is 405 g/mol. The number of fused-ring (bicyclic) bond motifs is 1. The van der Waals surface area contributed by atoms with Gasteiger partial charge in [0.1, 0.15) is 5.69 Å². The first-order valence-corrected chi connectivity index (χ1v) is 9.28. The molecule has 1 N–H and O–H groups in total. The zero-order valence-electron chi connectivity index (χ0n) is 16.7. The van der Waals surface area contributed by atoms with Gasteiger partial charge in [0.15, 0.2) is 12.4 Å². The predicted molar refractivity (Wildman–Crippen MR) is 109 cm³/mol. The smallest absolute Gasteiger partial charge is 0.339 e. The number of nitrogens with zero attached hydrogens (tertiary/aromatic N) is 2. The molecule has 4 rings (SSSR count). The number of esters is 1. The van der Waals surface area contributed by atoms with Crippen molar-refractivity contribution in [2.24, 2.45) is 0 Å². The summed E-state index contributed by atoms with van der Waals surface area (Å²) in [6, 6.07) is 10.6. The molecule has 0 fully saturated rings. The first-order valence-electron chi connectivity index (χ1n) is 9.28. The van der Waals surface area contributed by atoms with Gasteiger partial charge in [-0.25, -0.2) is 9.78 Å². The minimum Gasteiger partial charge on any atom is -0.463 e. The van der Waals surface area contributed by atoms with Gasteiger partial charge in [-0.1, -0.05) is 17.3 Å². The molecular weight excluding hydrogens is 386 g/mol. The summed E-state index contributed by atoms with van der Waals surface area (Å²) in [5, 5.41) is 7.07. The second kappa shape index (κ2) is 7.82. The zero-order valence-corrected chi connectivity index (χ0v) is 16.7. The summed E-state index contributed by atoms with van der Waals surface area (Å²) in [5.41, 5.74) is 3.97. The van der Waals surface area contributed by atoms with E-state index in [-0.39, 0.29) is 11.3 Å². The molecule has 3 heterocycles. The van der Waals surface area contributed by atoms with Crippen LogP contribution in [0, 0.1) is 20.8 Å². The van der Waals surface area contributed by atoms with Crippen LogP contribution < -0.4 is 5.32 Å². The van der Waals surface area contributed by atoms with Crippen molar-refractivity contribution in [3.8, 4) is 11.5 Å². The van der Waals surface area contributed by atoms with Gasteiger partial charge in [-0.2, -0.15) is 0 Å². The predicted octanol–water partition coefficient (Wildman–Crippen LogP) is 4.20. The molecular formula is C22H19N3O5. The Bertz CT molecular complexity index is 1240. The third-order valence-electron chi connectivity index (χ3n) is 4.82. The maximum atomic E-state index is 12.8. The molecule has 0 bridgehead atoms. The van der Waals surface area contributed by atoms with E-state index in [1.165, 1.54) is 12.3 Å². The van der Waals surface area contributed by atoms with Gasteiger partial charge in [0.05, 0.1) is 22.9 Å². The van der Waals surface area contributed by atoms with Crippen molar-refractivity contribution >= 4 is 28.7 Å². The molecule has 0 radical (unpaired) electrons. The van der Waals surface area contributed by atoms with E-state index >= 15 is 0 Å². The number of ether oxygens (including phenoxy) is 1. The van der Waals surface area contributed by atoms with Gasteiger partial charge in [-0.15, -0.1) is 0 Å². The summed E-state index contributed by atoms with van der Waals surface area (Å²) in [4.78, 5) is 29.4. The van der Waals surface area contributed by atoms with Crippen LogP contribution in [0.3, 0.4) is 0 Å². The molecule has 0 saturated heterocycles. The molecule has 0 atom stereocenters. The highest BCUT2D eigenvalue weighted by molar-refractivity contribution is 6.05. The van der Waals surface area contributed by atoms with Gasteiger partial charge in [-0.3, -0.25) is 4.79 Å². The first kappa shape index (κ1) is 19.4. The fourth-order valence-corrected chi connectivity index (χ4v) is 3.09. The van der Waals surface area contributed by atoms with Gasteiger partial charge in [0.2, 0.25) is 0 Å². The molecule has 0 aliphatic rings. The Balaban J connectivity index is 1.55. The van der Waals surface area contributed by atoms with Crippen LogP contribution in [0.4, 0.5) is 5.69 Å². The summed E-state index contributed by atoms with van der Waals surface area (Å²) < 4.78 is 15.8. The Hall–Kier alpha value is -3.94. The SMILES string of the molecule is Cc1cccc(NC(=O)COC(=O)c2cc(-c3ccco3)nc3onc(C)c23)c1C. The molecule has 8 nitrogen and oxygen atoms in total. The molecule has 0 aliphatic heterocycles. The van der Waals surface area contributed by atoms with Crippen LogP contribution in [-0.2, 0) is 9.53 Å². The molecule has 3 aromatic heterocycles. The number of nitrogens with one attached hydrogen (secondary N) is 1. The van der Waals surface area contributed by atoms with Crippen LogP contribution in [-0.4, -0.2) is 28.6 Å². The van der Waals surface area contributed by atoms with Crippen molar-refractivity contribution in [3.05, 3.63) is 65.0 Å². The van der Waals surface area contributed by atoms with E-state index in [0.717, 1.165) is 11.1 Å². The van der Waals surface area contributed by atoms with Gasteiger partial charge in [0, 0.05) is 5.69 Å². The van der Waals surface area contributed by atoms with Crippen molar-refractivity contribution in [2.45, 2.75) is 20.8 Å². The molecule has 0 unspecified atom stereocenters. The summed E-state index contributed by atoms with van der Waals surface area (Å²) in [6.45, 7) is 5.13. The van der Waals surface area contributed by atoms with Crippen LogP contribution in [0.2, 0.25) is 0 Å². The summed E-state index contributed by atoms with van der Waals surface area (Å²) in [6.07, 6.45) is 1.50. The Morgan fingerprint density at radius 1 is 1.13 bits per heavy atom. The van der Waals surface area contributed by atoms with E-state index < -0.39 is 18.5 Å². The first-order chi connectivity index (χ1) is 14.4. The molecule has 0 spiro atoms. The highest BCUT2D eigenvalue weighted by Gasteiger charge is 2.22. The van der Waals surface area contributed by atoms with Crippen LogP contribution in [0.5, 0.6) is 0 Å². The molecule has 0 aliphatic carbocycles. The Labute approximate surface area is 171 Å². The van der Waals surface area contributed by atoms with Gasteiger partial charge in [0.25, 0.3) is 11.6 Å². The van der Waals surface area contributed by atoms with Crippen molar-refractivity contribution in [1.29, 1.82) is 0 Å². The third kappa shape index (κ3) is 3.67. The molecule has 8 heteroatoms. The fraction of sp³-hybridized carbons (Fsp3) is 0.182. The van der Waals surface area contributed by atoms with E-state index in [0.29, 0.717) is 28.2 Å². The topological polar surface area (TPSA) is 107 Å². The Morgan fingerprint density at radius 3 is 2.73 bits per heavy atom. The normalized spacial score (nSPS) is 10.9. The molecule has 30 heavy (non-hydrogen) atoms. The van der Waals surface area contributed by atoms with E-state index in [1.807, 2.05) is 26.0 Å². The number of carbonyl (C=O) groups excluding carboxylic acids is 2. The van der Waals surface area contributed by atoms with Gasteiger partial charge < -0.3 is 19.0 Å². The third-order valence-corrected chi connectivity index (χ3v) is 4.82. The molecule has 152 valence electrons. The van der Waals surface area contributed by atoms with E-state index in [1.54, 1.807) is 25.1 Å². The number of hydrogen-bond acceptors (Lipinski definition) is 7. The number of aromatic nitrogens is 2. The van der Waals surface area contributed by atoms with Crippen molar-refractivity contribution in [1.82, 2.24) is 10.1 Å². The Morgan fingerprint density at radius 2 is 1.97 bits per heavy atom. The lowest BCUT2D eigenvalue weighted by Crippen LogP contribution is -2.21. The van der Waals surface area contributed by atoms with Gasteiger partial charge >= 0.3 is 5.97 Å². The largest absolute Gasteiger partial charge is 0.463 e. The fourth-order valence-electron chi connectivity index (χ4n) is 3.09. The summed E-state index contributed by atoms with van der Waals surface area (Å²) in [7, 11) is 0. The van der Waals surface area contributed by atoms with Crippen LogP contribution >= 0.6 is 0 Å². The number of carbonyl (C=O) groups is 2. The number of anilines is 1. The number of pyridine rings is 1. The number of hydrogen-bond donors (Lipinski definition) is 1. The van der Waals surface area contributed by atoms with E-state index in [4.69, 9.17) is 13.7 Å². The lowest BCUT2D eigenvalue weighted by atomic mass is 10.1. The molecule has 4 aromatic rings. The second-order valence-electron chi connectivity index (χ2n) is 6.85. The standard InChI is InChI=1S/C22H19N3O5/c1-12-6-4-7-16(13(12)2)23-19(26)11-29-22(27)15-10-17(18-8-5-9-28-18)24-21-20(15)14(3)25-30-21/h4-10H,11H2,1-3H3,(H,23,26). The summed E-state index contributed by atoms with van der Waals surface area (Å²) in [5.74, 6) is -0.652. The number of furan rings is 1. The van der Waals surface area contributed by atoms with Crippen LogP contribution in [0.25, 0.3) is 22.6 Å². The lowest BCUT2D eigenvalue weighted by molar-refractivity contribution is -0.119. The minimum absolute atomic E-state index is 0.188. The highest BCUT2D eigenvalue weighted by Crippen LogP contribution is 2.27. The number of benzene rings is 1. The maximum absolute atomic E-state index is 12.8. The summed E-state index contributed by atoms with van der Waals surface area (Å²) >= 11 is 0. The molecule has 1 aromatic carbocycles. The molecule has 0 saturated carbocycles. The number of aryl methyl sites for hydroxylation is 2. The van der Waals surface area contributed by atoms with Crippen molar-refractivity contribution < 1.29 is 23.3 Å².